The lowest BCUT2D eigenvalue weighted by Gasteiger charge is -2.34. The molecule has 1 unspecified atom stereocenters. The Kier molecular flexibility index (Phi) is 5.79. The first-order valence-electron chi connectivity index (χ1n) is 7.16. The summed E-state index contributed by atoms with van der Waals surface area (Å²) in [5, 5.41) is 0. The normalized spacial score (nSPS) is 20.4. The summed E-state index contributed by atoms with van der Waals surface area (Å²) in [7, 11) is 0. The highest BCUT2D eigenvalue weighted by molar-refractivity contribution is 5.86. The van der Waals surface area contributed by atoms with E-state index in [-0.39, 0.29) is 17.2 Å². The van der Waals surface area contributed by atoms with Crippen molar-refractivity contribution in [2.75, 3.05) is 13.1 Å². The van der Waals surface area contributed by atoms with Gasteiger partial charge in [0.05, 0.1) is 0 Å². The van der Waals surface area contributed by atoms with Gasteiger partial charge in [0.15, 0.2) is 0 Å². The van der Waals surface area contributed by atoms with Crippen LogP contribution in [-0.2, 0) is 9.59 Å². The van der Waals surface area contributed by atoms with Gasteiger partial charge < -0.3 is 16.4 Å². The van der Waals surface area contributed by atoms with Crippen LogP contribution in [0.2, 0.25) is 0 Å². The third-order valence-electron chi connectivity index (χ3n) is 3.99. The minimum absolute atomic E-state index is 0.0496. The molecule has 5 heteroatoms. The summed E-state index contributed by atoms with van der Waals surface area (Å²) in [6.45, 7) is 5.53. The molecule has 0 aliphatic carbocycles. The summed E-state index contributed by atoms with van der Waals surface area (Å²) >= 11 is 0. The van der Waals surface area contributed by atoms with Crippen LogP contribution < -0.4 is 11.5 Å². The van der Waals surface area contributed by atoms with Crippen LogP contribution in [0.4, 0.5) is 0 Å². The molecule has 0 aromatic carbocycles. The van der Waals surface area contributed by atoms with Gasteiger partial charge in [-0.1, -0.05) is 13.8 Å². The summed E-state index contributed by atoms with van der Waals surface area (Å²) in [6, 6.07) is -0.404. The van der Waals surface area contributed by atoms with Crippen molar-refractivity contribution in [2.24, 2.45) is 16.9 Å². The van der Waals surface area contributed by atoms with E-state index in [9.17, 15) is 9.59 Å². The van der Waals surface area contributed by atoms with Crippen LogP contribution in [0, 0.1) is 5.41 Å². The summed E-state index contributed by atoms with van der Waals surface area (Å²) in [5.74, 6) is -0.331. The van der Waals surface area contributed by atoms with Gasteiger partial charge in [-0.05, 0) is 44.1 Å². The van der Waals surface area contributed by atoms with Crippen molar-refractivity contribution in [3.8, 4) is 0 Å². The maximum atomic E-state index is 12.3. The number of carbonyl (C=O) groups is 2. The number of piperidine rings is 1. The number of hydrogen-bond donors (Lipinski definition) is 2. The Morgan fingerprint density at radius 2 is 1.95 bits per heavy atom. The SMILES string of the molecule is CC(C)(CCN)CCC(=O)N1CCCCC1C(N)=O. The molecule has 1 aliphatic rings. The van der Waals surface area contributed by atoms with Crippen molar-refractivity contribution in [2.45, 2.75) is 58.4 Å². The smallest absolute Gasteiger partial charge is 0.240 e. The highest BCUT2D eigenvalue weighted by atomic mass is 16.2. The van der Waals surface area contributed by atoms with Gasteiger partial charge in [0.1, 0.15) is 6.04 Å². The molecular formula is C14H27N3O2. The molecule has 2 amide bonds. The van der Waals surface area contributed by atoms with E-state index < -0.39 is 6.04 Å². The Bertz CT molecular complexity index is 329. The first kappa shape index (κ1) is 16.0. The number of rotatable bonds is 6. The van der Waals surface area contributed by atoms with Gasteiger partial charge in [-0.3, -0.25) is 9.59 Å². The minimum Gasteiger partial charge on any atom is -0.368 e. The third kappa shape index (κ3) is 4.82. The van der Waals surface area contributed by atoms with Crippen molar-refractivity contribution >= 4 is 11.8 Å². The lowest BCUT2D eigenvalue weighted by Crippen LogP contribution is -2.50. The van der Waals surface area contributed by atoms with Crippen LogP contribution in [-0.4, -0.2) is 35.8 Å². The standard InChI is InChI=1S/C14H27N3O2/c1-14(2,8-9-15)7-6-12(18)17-10-4-3-5-11(17)13(16)19/h11H,3-10,15H2,1-2H3,(H2,16,19). The molecule has 1 atom stereocenters. The molecule has 1 fully saturated rings. The summed E-state index contributed by atoms with van der Waals surface area (Å²) in [6.07, 6.45) is 4.80. The summed E-state index contributed by atoms with van der Waals surface area (Å²) < 4.78 is 0. The zero-order valence-corrected chi connectivity index (χ0v) is 12.2. The van der Waals surface area contributed by atoms with Gasteiger partial charge in [-0.25, -0.2) is 0 Å². The van der Waals surface area contributed by atoms with Crippen molar-refractivity contribution < 1.29 is 9.59 Å². The molecule has 5 nitrogen and oxygen atoms in total. The quantitative estimate of drug-likeness (QED) is 0.754. The van der Waals surface area contributed by atoms with E-state index >= 15 is 0 Å². The molecule has 0 radical (unpaired) electrons. The monoisotopic (exact) mass is 269 g/mol. The minimum atomic E-state index is -0.404. The molecule has 0 aromatic rings. The van der Waals surface area contributed by atoms with Gasteiger partial charge in [0, 0.05) is 13.0 Å². The van der Waals surface area contributed by atoms with E-state index in [2.05, 4.69) is 13.8 Å². The molecular weight excluding hydrogens is 242 g/mol. The van der Waals surface area contributed by atoms with Crippen LogP contribution in [0.3, 0.4) is 0 Å². The molecule has 1 rings (SSSR count). The molecule has 1 heterocycles. The van der Waals surface area contributed by atoms with Crippen molar-refractivity contribution in [1.29, 1.82) is 0 Å². The van der Waals surface area contributed by atoms with Crippen molar-refractivity contribution in [1.82, 2.24) is 4.90 Å². The Balaban J connectivity index is 2.54. The molecule has 0 aromatic heterocycles. The number of amides is 2. The topological polar surface area (TPSA) is 89.4 Å². The number of hydrogen-bond acceptors (Lipinski definition) is 3. The Morgan fingerprint density at radius 1 is 1.26 bits per heavy atom. The molecule has 4 N–H and O–H groups in total. The number of nitrogens with two attached hydrogens (primary N) is 2. The predicted molar refractivity (Wildman–Crippen MR) is 75.2 cm³/mol. The average molecular weight is 269 g/mol. The highest BCUT2D eigenvalue weighted by Crippen LogP contribution is 2.27. The zero-order valence-electron chi connectivity index (χ0n) is 12.2. The second-order valence-electron chi connectivity index (χ2n) is 6.20. The van der Waals surface area contributed by atoms with Gasteiger partial charge >= 0.3 is 0 Å². The summed E-state index contributed by atoms with van der Waals surface area (Å²) in [5.41, 5.74) is 11.0. The van der Waals surface area contributed by atoms with Crippen LogP contribution in [0.1, 0.15) is 52.4 Å². The van der Waals surface area contributed by atoms with E-state index in [1.165, 1.54) is 0 Å². The maximum Gasteiger partial charge on any atom is 0.240 e. The van der Waals surface area contributed by atoms with E-state index in [0.29, 0.717) is 25.9 Å². The largest absolute Gasteiger partial charge is 0.368 e. The molecule has 1 saturated heterocycles. The Hall–Kier alpha value is -1.10. The average Bonchev–Trinajstić information content (AvgIpc) is 2.36. The van der Waals surface area contributed by atoms with E-state index in [0.717, 1.165) is 25.7 Å². The predicted octanol–water partition coefficient (Wildman–Crippen LogP) is 1.01. The third-order valence-corrected chi connectivity index (χ3v) is 3.99. The van der Waals surface area contributed by atoms with E-state index in [1.54, 1.807) is 4.90 Å². The van der Waals surface area contributed by atoms with Crippen molar-refractivity contribution in [3.63, 3.8) is 0 Å². The van der Waals surface area contributed by atoms with Crippen LogP contribution in [0.15, 0.2) is 0 Å². The molecule has 110 valence electrons. The van der Waals surface area contributed by atoms with Crippen LogP contribution >= 0.6 is 0 Å². The second kappa shape index (κ2) is 6.89. The Morgan fingerprint density at radius 3 is 2.53 bits per heavy atom. The number of primary amides is 1. The maximum absolute atomic E-state index is 12.3. The second-order valence-corrected chi connectivity index (χ2v) is 6.20. The number of carbonyl (C=O) groups excluding carboxylic acids is 2. The lowest BCUT2D eigenvalue weighted by atomic mass is 9.84. The molecule has 0 spiro atoms. The van der Waals surface area contributed by atoms with Gasteiger partial charge in [-0.15, -0.1) is 0 Å². The fraction of sp³-hybridized carbons (Fsp3) is 0.857. The lowest BCUT2D eigenvalue weighted by molar-refractivity contribution is -0.141. The highest BCUT2D eigenvalue weighted by Gasteiger charge is 2.31. The van der Waals surface area contributed by atoms with Gasteiger partial charge in [0.2, 0.25) is 11.8 Å². The first-order chi connectivity index (χ1) is 8.87. The number of likely N-dealkylation sites (tertiary alicyclic amines) is 1. The first-order valence-corrected chi connectivity index (χ1v) is 7.16. The molecule has 1 aliphatic heterocycles. The van der Waals surface area contributed by atoms with E-state index in [1.807, 2.05) is 0 Å². The fourth-order valence-electron chi connectivity index (χ4n) is 2.63. The van der Waals surface area contributed by atoms with Gasteiger partial charge in [0.25, 0.3) is 0 Å². The van der Waals surface area contributed by atoms with Gasteiger partial charge in [-0.2, -0.15) is 0 Å². The molecule has 0 bridgehead atoms. The van der Waals surface area contributed by atoms with Crippen LogP contribution in [0.25, 0.3) is 0 Å². The van der Waals surface area contributed by atoms with E-state index in [4.69, 9.17) is 11.5 Å². The zero-order chi connectivity index (χ0) is 14.5. The number of nitrogens with zero attached hydrogens (tertiary/aromatic N) is 1. The van der Waals surface area contributed by atoms with Crippen LogP contribution in [0.5, 0.6) is 0 Å². The molecule has 19 heavy (non-hydrogen) atoms. The molecule has 0 saturated carbocycles. The summed E-state index contributed by atoms with van der Waals surface area (Å²) in [4.78, 5) is 25.3. The fourth-order valence-corrected chi connectivity index (χ4v) is 2.63. The Labute approximate surface area is 115 Å². The van der Waals surface area contributed by atoms with Crippen molar-refractivity contribution in [3.05, 3.63) is 0 Å².